The van der Waals surface area contributed by atoms with Crippen LogP contribution >= 0.6 is 0 Å². The van der Waals surface area contributed by atoms with Crippen LogP contribution in [-0.2, 0) is 0 Å². The molecule has 2 heteroatoms. The Labute approximate surface area is 358 Å². The summed E-state index contributed by atoms with van der Waals surface area (Å²) in [5, 5.41) is 12.6. The SMILES string of the molecule is c1ccc(-c2ccc(-c3cccc4c5ccc(-n6c7ccccc7c7cc(-c8ccc9c(c8)c8ccccc8n9-c8ccccc8)ccc76)cc5c5ccccc5c34)cc2)cc1. The third kappa shape index (κ3) is 5.23. The molecule has 0 fully saturated rings. The molecular formula is C60H38N2. The number of rotatable bonds is 5. The monoisotopic (exact) mass is 786 g/mol. The van der Waals surface area contributed by atoms with Crippen molar-refractivity contribution < 1.29 is 0 Å². The van der Waals surface area contributed by atoms with Gasteiger partial charge in [-0.1, -0.05) is 170 Å². The van der Waals surface area contributed by atoms with Crippen molar-refractivity contribution in [1.82, 2.24) is 9.13 Å². The van der Waals surface area contributed by atoms with Crippen molar-refractivity contribution in [2.75, 3.05) is 0 Å². The lowest BCUT2D eigenvalue weighted by atomic mass is 9.89. The third-order valence-corrected chi connectivity index (χ3v) is 13.1. The molecular weight excluding hydrogens is 749 g/mol. The normalized spacial score (nSPS) is 11.9. The maximum Gasteiger partial charge on any atom is 0.0541 e. The van der Waals surface area contributed by atoms with E-state index in [4.69, 9.17) is 0 Å². The maximum absolute atomic E-state index is 2.45. The molecule has 0 atom stereocenters. The van der Waals surface area contributed by atoms with Crippen LogP contribution in [0.5, 0.6) is 0 Å². The average Bonchev–Trinajstić information content (AvgIpc) is 3.86. The standard InChI is InChI=1S/C60H38N2/c1-3-14-39(15-4-1)40-26-28-41(29-27-40)46-22-13-23-52-48-33-32-45(38-53(48)47-18-7-8-21-51(47)60(46)52)62-57-25-12-10-20-50(57)55-37-43(31-35-59(55)62)42-30-34-58-54(36-42)49-19-9-11-24-56(49)61(58)44-16-5-2-6-17-44/h1-38H. The van der Waals surface area contributed by atoms with Crippen LogP contribution in [0.4, 0.5) is 0 Å². The summed E-state index contributed by atoms with van der Waals surface area (Å²) in [6, 6.07) is 84.7. The number of aromatic nitrogens is 2. The van der Waals surface area contributed by atoms with Gasteiger partial charge in [0.15, 0.2) is 0 Å². The fraction of sp³-hybridized carbons (Fsp3) is 0. The molecule has 0 aliphatic carbocycles. The van der Waals surface area contributed by atoms with Crippen LogP contribution in [-0.4, -0.2) is 9.13 Å². The van der Waals surface area contributed by atoms with Crippen molar-refractivity contribution in [1.29, 1.82) is 0 Å². The van der Waals surface area contributed by atoms with Crippen molar-refractivity contribution in [2.45, 2.75) is 0 Å². The molecule has 0 aliphatic heterocycles. The van der Waals surface area contributed by atoms with E-state index in [1.54, 1.807) is 0 Å². The zero-order chi connectivity index (χ0) is 40.7. The molecule has 0 saturated carbocycles. The Hall–Kier alpha value is -8.20. The number of para-hydroxylation sites is 3. The number of fused-ring (bicyclic) bond motifs is 12. The molecule has 0 unspecified atom stereocenters. The lowest BCUT2D eigenvalue weighted by Crippen LogP contribution is -1.95. The van der Waals surface area contributed by atoms with E-state index in [9.17, 15) is 0 Å². The number of hydrogen-bond donors (Lipinski definition) is 0. The summed E-state index contributed by atoms with van der Waals surface area (Å²) in [6.45, 7) is 0. The highest BCUT2D eigenvalue weighted by molar-refractivity contribution is 6.29. The van der Waals surface area contributed by atoms with Gasteiger partial charge in [0.2, 0.25) is 0 Å². The highest BCUT2D eigenvalue weighted by Gasteiger charge is 2.18. The summed E-state index contributed by atoms with van der Waals surface area (Å²) >= 11 is 0. The second-order valence-electron chi connectivity index (χ2n) is 16.5. The summed E-state index contributed by atoms with van der Waals surface area (Å²) in [7, 11) is 0. The minimum atomic E-state index is 1.16. The molecule has 11 aromatic carbocycles. The smallest absolute Gasteiger partial charge is 0.0541 e. The minimum Gasteiger partial charge on any atom is -0.309 e. The van der Waals surface area contributed by atoms with E-state index >= 15 is 0 Å². The van der Waals surface area contributed by atoms with Gasteiger partial charge in [0.25, 0.3) is 0 Å². The Morgan fingerprint density at radius 2 is 0.661 bits per heavy atom. The zero-order valence-electron chi connectivity index (χ0n) is 33.8. The van der Waals surface area contributed by atoms with Gasteiger partial charge in [-0.3, -0.25) is 0 Å². The summed E-state index contributed by atoms with van der Waals surface area (Å²) in [5.41, 5.74) is 14.5. The van der Waals surface area contributed by atoms with E-state index in [0.717, 1.165) is 5.69 Å². The van der Waals surface area contributed by atoms with Crippen LogP contribution in [0, 0.1) is 0 Å². The molecule has 2 aromatic heterocycles. The van der Waals surface area contributed by atoms with Gasteiger partial charge in [-0.25, -0.2) is 0 Å². The number of hydrogen-bond acceptors (Lipinski definition) is 0. The Kier molecular flexibility index (Phi) is 7.64. The van der Waals surface area contributed by atoms with Gasteiger partial charge in [0, 0.05) is 32.9 Å². The quantitative estimate of drug-likeness (QED) is 0.154. The van der Waals surface area contributed by atoms with E-state index < -0.39 is 0 Å². The average molecular weight is 787 g/mol. The molecule has 0 spiro atoms. The molecule has 0 bridgehead atoms. The van der Waals surface area contributed by atoms with Crippen LogP contribution < -0.4 is 0 Å². The van der Waals surface area contributed by atoms with Crippen LogP contribution in [0.1, 0.15) is 0 Å². The van der Waals surface area contributed by atoms with Crippen molar-refractivity contribution in [3.63, 3.8) is 0 Å². The predicted molar refractivity (Wildman–Crippen MR) is 264 cm³/mol. The molecule has 0 aliphatic rings. The first-order valence-corrected chi connectivity index (χ1v) is 21.4. The molecule has 0 N–H and O–H groups in total. The van der Waals surface area contributed by atoms with Crippen molar-refractivity contribution >= 4 is 75.9 Å². The lowest BCUT2D eigenvalue weighted by molar-refractivity contribution is 1.18. The first kappa shape index (κ1) is 34.6. The van der Waals surface area contributed by atoms with Gasteiger partial charge in [0.1, 0.15) is 0 Å². The summed E-state index contributed by atoms with van der Waals surface area (Å²) in [5.74, 6) is 0. The third-order valence-electron chi connectivity index (χ3n) is 13.1. The highest BCUT2D eigenvalue weighted by Crippen LogP contribution is 2.43. The van der Waals surface area contributed by atoms with E-state index in [-0.39, 0.29) is 0 Å². The maximum atomic E-state index is 2.45. The van der Waals surface area contributed by atoms with Gasteiger partial charge in [-0.2, -0.15) is 0 Å². The number of benzene rings is 11. The fourth-order valence-corrected chi connectivity index (χ4v) is 10.3. The van der Waals surface area contributed by atoms with Gasteiger partial charge in [0.05, 0.1) is 22.1 Å². The molecule has 2 heterocycles. The molecule has 288 valence electrons. The van der Waals surface area contributed by atoms with E-state index in [1.807, 2.05) is 0 Å². The first-order valence-electron chi connectivity index (χ1n) is 21.4. The van der Waals surface area contributed by atoms with Gasteiger partial charge >= 0.3 is 0 Å². The van der Waals surface area contributed by atoms with Crippen LogP contribution in [0.3, 0.4) is 0 Å². The Morgan fingerprint density at radius 1 is 0.210 bits per heavy atom. The summed E-state index contributed by atoms with van der Waals surface area (Å²) in [6.07, 6.45) is 0. The topological polar surface area (TPSA) is 9.86 Å². The lowest BCUT2D eigenvalue weighted by Gasteiger charge is -2.16. The molecule has 62 heavy (non-hydrogen) atoms. The molecule has 2 nitrogen and oxygen atoms in total. The number of nitrogens with zero attached hydrogens (tertiary/aromatic N) is 2. The second kappa shape index (κ2) is 13.7. The highest BCUT2D eigenvalue weighted by atomic mass is 15.0. The predicted octanol–water partition coefficient (Wildman–Crippen LogP) is 16.3. The summed E-state index contributed by atoms with van der Waals surface area (Å²) in [4.78, 5) is 0. The Morgan fingerprint density at radius 3 is 1.31 bits per heavy atom. The van der Waals surface area contributed by atoms with E-state index in [2.05, 4.69) is 240 Å². The van der Waals surface area contributed by atoms with Gasteiger partial charge in [-0.05, 0) is 126 Å². The van der Waals surface area contributed by atoms with Crippen LogP contribution in [0.15, 0.2) is 231 Å². The molecule has 0 amide bonds. The molecule has 13 aromatic rings. The van der Waals surface area contributed by atoms with Gasteiger partial charge in [-0.15, -0.1) is 0 Å². The Balaban J connectivity index is 0.963. The minimum absolute atomic E-state index is 1.16. The second-order valence-corrected chi connectivity index (χ2v) is 16.5. The molecule has 0 saturated heterocycles. The summed E-state index contributed by atoms with van der Waals surface area (Å²) < 4.78 is 4.83. The van der Waals surface area contributed by atoms with Gasteiger partial charge < -0.3 is 9.13 Å². The van der Waals surface area contributed by atoms with Crippen LogP contribution in [0.2, 0.25) is 0 Å². The largest absolute Gasteiger partial charge is 0.309 e. The van der Waals surface area contributed by atoms with Crippen molar-refractivity contribution in [3.8, 4) is 44.8 Å². The van der Waals surface area contributed by atoms with E-state index in [1.165, 1.54) is 115 Å². The molecule has 13 rings (SSSR count). The van der Waals surface area contributed by atoms with Crippen molar-refractivity contribution in [3.05, 3.63) is 231 Å². The zero-order valence-corrected chi connectivity index (χ0v) is 33.8. The molecule has 0 radical (unpaired) electrons. The Bertz CT molecular complexity index is 3860. The van der Waals surface area contributed by atoms with Crippen LogP contribution in [0.25, 0.3) is 121 Å². The first-order chi connectivity index (χ1) is 30.8. The fourth-order valence-electron chi connectivity index (χ4n) is 10.3. The van der Waals surface area contributed by atoms with E-state index in [0.29, 0.717) is 0 Å². The van der Waals surface area contributed by atoms with Crippen molar-refractivity contribution in [2.24, 2.45) is 0 Å².